The average molecular weight is 481 g/mol. The van der Waals surface area contributed by atoms with Gasteiger partial charge in [0.15, 0.2) is 11.0 Å². The van der Waals surface area contributed by atoms with Gasteiger partial charge < -0.3 is 19.0 Å². The first kappa shape index (κ1) is 22.1. The molecule has 0 saturated carbocycles. The largest absolute Gasteiger partial charge is 0.497 e. The lowest BCUT2D eigenvalue weighted by molar-refractivity contribution is -0.126. The third kappa shape index (κ3) is 2.71. The molecule has 2 aliphatic heterocycles. The van der Waals surface area contributed by atoms with E-state index in [-0.39, 0.29) is 29.2 Å². The maximum absolute atomic E-state index is 14.1. The number of nitrogens with zero attached hydrogens (tertiary/aromatic N) is 2. The van der Waals surface area contributed by atoms with Crippen LogP contribution in [0.15, 0.2) is 69.9 Å². The molecule has 0 radical (unpaired) electrons. The van der Waals surface area contributed by atoms with Crippen LogP contribution in [0.3, 0.4) is 0 Å². The Balaban J connectivity index is 1.67. The number of fused-ring (bicyclic) bond motifs is 5. The fourth-order valence-electron chi connectivity index (χ4n) is 5.49. The molecule has 0 fully saturated rings. The molecule has 3 heterocycles. The summed E-state index contributed by atoms with van der Waals surface area (Å²) in [5.74, 6) is -0.251. The first-order valence-electron chi connectivity index (χ1n) is 11.7. The zero-order chi connectivity index (χ0) is 25.4. The Hall–Kier alpha value is -4.39. The fourth-order valence-corrected chi connectivity index (χ4v) is 5.49. The van der Waals surface area contributed by atoms with Gasteiger partial charge in [0.25, 0.3) is 11.8 Å². The van der Waals surface area contributed by atoms with Crippen LogP contribution in [0.25, 0.3) is 11.0 Å². The minimum atomic E-state index is -1.62. The van der Waals surface area contributed by atoms with Gasteiger partial charge in [0, 0.05) is 24.8 Å². The summed E-state index contributed by atoms with van der Waals surface area (Å²) in [5, 5.41) is 0.357. The second kappa shape index (κ2) is 7.55. The van der Waals surface area contributed by atoms with Crippen LogP contribution in [0.1, 0.15) is 38.4 Å². The van der Waals surface area contributed by atoms with Crippen molar-refractivity contribution >= 4 is 28.5 Å². The summed E-state index contributed by atoms with van der Waals surface area (Å²) in [6, 6.07) is 18.1. The van der Waals surface area contributed by atoms with E-state index in [1.54, 1.807) is 38.4 Å². The van der Waals surface area contributed by atoms with Crippen molar-refractivity contribution in [3.63, 3.8) is 0 Å². The number of carbonyl (C=O) groups is 2. The number of rotatable bonds is 3. The highest BCUT2D eigenvalue weighted by Gasteiger charge is 2.64. The van der Waals surface area contributed by atoms with E-state index in [0.717, 1.165) is 16.7 Å². The molecule has 0 aliphatic carbocycles. The summed E-state index contributed by atoms with van der Waals surface area (Å²) in [4.78, 5) is 45.2. The normalized spacial score (nSPS) is 18.3. The molecule has 7 heteroatoms. The van der Waals surface area contributed by atoms with E-state index in [4.69, 9.17) is 9.15 Å². The highest BCUT2D eigenvalue weighted by Crippen LogP contribution is 2.52. The number of benzene rings is 3. The standard InChI is InChI=1S/C29H24N2O5/c1-16-13-20-23(14-17(16)2)36-26-24(25(20)32)29(21-7-5-6-8-22(21)30(3)28(29)34)31(27(26)33)15-18-9-11-19(35-4)12-10-18/h5-14H,15H2,1-4H3. The molecule has 180 valence electrons. The van der Waals surface area contributed by atoms with Crippen LogP contribution < -0.4 is 15.1 Å². The van der Waals surface area contributed by atoms with Gasteiger partial charge in [-0.1, -0.05) is 30.3 Å². The minimum absolute atomic E-state index is 0.0808. The molecule has 0 N–H and O–H groups in total. The molecule has 4 aromatic rings. The van der Waals surface area contributed by atoms with Gasteiger partial charge in [-0.15, -0.1) is 0 Å². The van der Waals surface area contributed by atoms with Gasteiger partial charge in [-0.3, -0.25) is 14.4 Å². The Labute approximate surface area is 207 Å². The molecule has 1 atom stereocenters. The molecule has 2 aliphatic rings. The Morgan fingerprint density at radius 1 is 0.944 bits per heavy atom. The summed E-state index contributed by atoms with van der Waals surface area (Å²) in [7, 11) is 3.25. The molecule has 0 saturated heterocycles. The zero-order valence-corrected chi connectivity index (χ0v) is 20.4. The van der Waals surface area contributed by atoms with Crippen LogP contribution in [-0.4, -0.2) is 30.9 Å². The van der Waals surface area contributed by atoms with Crippen LogP contribution >= 0.6 is 0 Å². The summed E-state index contributed by atoms with van der Waals surface area (Å²) in [5.41, 5.74) is 2.35. The molecule has 7 nitrogen and oxygen atoms in total. The lowest BCUT2D eigenvalue weighted by Crippen LogP contribution is -2.52. The number of para-hydroxylation sites is 1. The van der Waals surface area contributed by atoms with E-state index >= 15 is 0 Å². The van der Waals surface area contributed by atoms with Crippen molar-refractivity contribution in [2.24, 2.45) is 0 Å². The van der Waals surface area contributed by atoms with E-state index in [1.165, 1.54) is 9.80 Å². The van der Waals surface area contributed by atoms with E-state index in [2.05, 4.69) is 0 Å². The van der Waals surface area contributed by atoms with Gasteiger partial charge >= 0.3 is 0 Å². The number of amides is 2. The van der Waals surface area contributed by atoms with Crippen molar-refractivity contribution in [2.45, 2.75) is 25.9 Å². The maximum atomic E-state index is 14.1. The molecular weight excluding hydrogens is 456 g/mol. The number of anilines is 1. The summed E-state index contributed by atoms with van der Waals surface area (Å²) in [6.45, 7) is 3.95. The summed E-state index contributed by atoms with van der Waals surface area (Å²) in [6.07, 6.45) is 0. The molecule has 1 aromatic heterocycles. The lowest BCUT2D eigenvalue weighted by Gasteiger charge is -2.34. The molecule has 2 amide bonds. The summed E-state index contributed by atoms with van der Waals surface area (Å²) < 4.78 is 11.4. The van der Waals surface area contributed by atoms with Gasteiger partial charge in [0.2, 0.25) is 5.76 Å². The number of carbonyl (C=O) groups excluding carboxylic acids is 2. The first-order chi connectivity index (χ1) is 17.3. The predicted molar refractivity (Wildman–Crippen MR) is 135 cm³/mol. The molecule has 36 heavy (non-hydrogen) atoms. The van der Waals surface area contributed by atoms with E-state index in [1.807, 2.05) is 50.2 Å². The number of aryl methyl sites for hydroxylation is 2. The highest BCUT2D eigenvalue weighted by atomic mass is 16.5. The second-order valence-electron chi connectivity index (χ2n) is 9.40. The van der Waals surface area contributed by atoms with Crippen molar-refractivity contribution in [1.82, 2.24) is 4.90 Å². The van der Waals surface area contributed by atoms with Crippen molar-refractivity contribution in [3.8, 4) is 5.75 Å². The Morgan fingerprint density at radius 3 is 2.36 bits per heavy atom. The van der Waals surface area contributed by atoms with Gasteiger partial charge in [-0.2, -0.15) is 0 Å². The van der Waals surface area contributed by atoms with E-state index in [9.17, 15) is 14.4 Å². The lowest BCUT2D eigenvalue weighted by atomic mass is 9.83. The van der Waals surface area contributed by atoms with Gasteiger partial charge in [0.05, 0.1) is 18.1 Å². The van der Waals surface area contributed by atoms with Crippen LogP contribution in [0.5, 0.6) is 5.75 Å². The topological polar surface area (TPSA) is 80.1 Å². The first-order valence-corrected chi connectivity index (χ1v) is 11.7. The van der Waals surface area contributed by atoms with Crippen LogP contribution in [0.4, 0.5) is 5.69 Å². The maximum Gasteiger partial charge on any atom is 0.291 e. The third-order valence-electron chi connectivity index (χ3n) is 7.48. The van der Waals surface area contributed by atoms with Crippen LogP contribution in [0, 0.1) is 13.8 Å². The zero-order valence-electron chi connectivity index (χ0n) is 20.4. The molecule has 0 bridgehead atoms. The SMILES string of the molecule is COc1ccc(CN2C(=O)c3oc4cc(C)c(C)cc4c(=O)c3C23C(=O)N(C)c2ccccc23)cc1. The number of hydrogen-bond acceptors (Lipinski definition) is 5. The number of hydrogen-bond donors (Lipinski definition) is 0. The second-order valence-corrected chi connectivity index (χ2v) is 9.40. The molecular formula is C29H24N2O5. The molecule has 6 rings (SSSR count). The van der Waals surface area contributed by atoms with Crippen molar-refractivity contribution in [2.75, 3.05) is 19.1 Å². The van der Waals surface area contributed by atoms with E-state index in [0.29, 0.717) is 28.0 Å². The molecule has 1 spiro atoms. The van der Waals surface area contributed by atoms with Crippen molar-refractivity contribution in [1.29, 1.82) is 0 Å². The van der Waals surface area contributed by atoms with Gasteiger partial charge in [-0.25, -0.2) is 0 Å². The van der Waals surface area contributed by atoms with Gasteiger partial charge in [0.1, 0.15) is 11.3 Å². The van der Waals surface area contributed by atoms with Crippen molar-refractivity contribution < 1.29 is 18.7 Å². The smallest absolute Gasteiger partial charge is 0.291 e. The van der Waals surface area contributed by atoms with Crippen LogP contribution in [0.2, 0.25) is 0 Å². The Morgan fingerprint density at radius 2 is 1.64 bits per heavy atom. The van der Waals surface area contributed by atoms with E-state index < -0.39 is 11.4 Å². The molecule has 1 unspecified atom stereocenters. The number of likely N-dealkylation sites (N-methyl/N-ethyl adjacent to an activating group) is 1. The highest BCUT2D eigenvalue weighted by molar-refractivity contribution is 6.16. The molecule has 3 aromatic carbocycles. The summed E-state index contributed by atoms with van der Waals surface area (Å²) >= 11 is 0. The van der Waals surface area contributed by atoms with Gasteiger partial charge in [-0.05, 0) is 60.9 Å². The average Bonchev–Trinajstić information content (AvgIpc) is 3.26. The third-order valence-corrected chi connectivity index (χ3v) is 7.48. The Bertz CT molecular complexity index is 1650. The van der Waals surface area contributed by atoms with Crippen LogP contribution in [-0.2, 0) is 16.9 Å². The monoisotopic (exact) mass is 480 g/mol. The Kier molecular flexibility index (Phi) is 4.64. The minimum Gasteiger partial charge on any atom is -0.497 e. The van der Waals surface area contributed by atoms with Crippen molar-refractivity contribution in [3.05, 3.63) is 104 Å². The predicted octanol–water partition coefficient (Wildman–Crippen LogP) is 4.29. The quantitative estimate of drug-likeness (QED) is 0.437. The number of ether oxygens (including phenoxy) is 1. The fraction of sp³-hybridized carbons (Fsp3) is 0.207. The number of methoxy groups -OCH3 is 1.